The Morgan fingerprint density at radius 3 is 1.77 bits per heavy atom. The van der Waals surface area contributed by atoms with Crippen LogP contribution in [0.5, 0.6) is 0 Å². The maximum atomic E-state index is 11.4. The molecule has 2 aromatic rings. The van der Waals surface area contributed by atoms with Crippen molar-refractivity contribution in [2.75, 3.05) is 0 Å². The van der Waals surface area contributed by atoms with E-state index in [2.05, 4.69) is 24.3 Å². The first-order valence-corrected chi connectivity index (χ1v) is 7.63. The summed E-state index contributed by atoms with van der Waals surface area (Å²) in [5, 5.41) is 0. The van der Waals surface area contributed by atoms with Gasteiger partial charge >= 0.3 is 5.97 Å². The van der Waals surface area contributed by atoms with E-state index in [4.69, 9.17) is 9.47 Å². The van der Waals surface area contributed by atoms with Crippen molar-refractivity contribution in [3.63, 3.8) is 0 Å². The molecule has 0 saturated carbocycles. The van der Waals surface area contributed by atoms with Gasteiger partial charge in [0, 0.05) is 19.8 Å². The van der Waals surface area contributed by atoms with E-state index in [0.29, 0.717) is 0 Å². The quantitative estimate of drug-likeness (QED) is 0.795. The number of ether oxygens (including phenoxy) is 2. The fourth-order valence-corrected chi connectivity index (χ4v) is 2.89. The molecule has 3 nitrogen and oxygen atoms in total. The van der Waals surface area contributed by atoms with Crippen LogP contribution < -0.4 is 0 Å². The van der Waals surface area contributed by atoms with Gasteiger partial charge in [0.05, 0.1) is 0 Å². The van der Waals surface area contributed by atoms with E-state index < -0.39 is 0 Å². The Labute approximate surface area is 130 Å². The number of hydrogen-bond acceptors (Lipinski definition) is 3. The fourth-order valence-electron chi connectivity index (χ4n) is 2.89. The first-order valence-electron chi connectivity index (χ1n) is 7.63. The molecule has 1 saturated heterocycles. The second kappa shape index (κ2) is 6.75. The SMILES string of the molecule is CC(=O)OC1[C@H](Cc2ccccc2)O[C@H]1Cc1ccccc1. The lowest BCUT2D eigenvalue weighted by atomic mass is 9.90. The second-order valence-corrected chi connectivity index (χ2v) is 5.67. The van der Waals surface area contributed by atoms with Crippen LogP contribution in [0.1, 0.15) is 18.1 Å². The van der Waals surface area contributed by atoms with Crippen molar-refractivity contribution in [3.8, 4) is 0 Å². The molecule has 2 aromatic carbocycles. The molecule has 1 heterocycles. The van der Waals surface area contributed by atoms with Gasteiger partial charge in [-0.15, -0.1) is 0 Å². The van der Waals surface area contributed by atoms with Crippen LogP contribution in [-0.2, 0) is 27.1 Å². The van der Waals surface area contributed by atoms with Crippen molar-refractivity contribution in [2.45, 2.75) is 38.1 Å². The normalized spacial score (nSPS) is 21.1. The monoisotopic (exact) mass is 296 g/mol. The second-order valence-electron chi connectivity index (χ2n) is 5.67. The Balaban J connectivity index is 1.64. The predicted octanol–water partition coefficient (Wildman–Crippen LogP) is 3.17. The molecular formula is C19H20O3. The summed E-state index contributed by atoms with van der Waals surface area (Å²) < 4.78 is 11.5. The van der Waals surface area contributed by atoms with Gasteiger partial charge in [0.25, 0.3) is 0 Å². The van der Waals surface area contributed by atoms with E-state index in [1.54, 1.807) is 0 Å². The van der Waals surface area contributed by atoms with Crippen LogP contribution in [-0.4, -0.2) is 24.3 Å². The molecule has 22 heavy (non-hydrogen) atoms. The molecule has 1 aliphatic heterocycles. The summed E-state index contributed by atoms with van der Waals surface area (Å²) in [5.41, 5.74) is 2.39. The maximum absolute atomic E-state index is 11.4. The van der Waals surface area contributed by atoms with E-state index in [1.165, 1.54) is 18.1 Å². The van der Waals surface area contributed by atoms with E-state index >= 15 is 0 Å². The summed E-state index contributed by atoms with van der Waals surface area (Å²) >= 11 is 0. The summed E-state index contributed by atoms with van der Waals surface area (Å²) in [6.45, 7) is 1.46. The molecule has 3 heteroatoms. The third-order valence-corrected chi connectivity index (χ3v) is 3.94. The van der Waals surface area contributed by atoms with Crippen LogP contribution in [0, 0.1) is 0 Å². The molecule has 114 valence electrons. The smallest absolute Gasteiger partial charge is 0.303 e. The topological polar surface area (TPSA) is 35.5 Å². The molecule has 0 unspecified atom stereocenters. The van der Waals surface area contributed by atoms with Crippen LogP contribution in [0.4, 0.5) is 0 Å². The zero-order valence-corrected chi connectivity index (χ0v) is 12.6. The number of carbonyl (C=O) groups is 1. The third kappa shape index (κ3) is 3.55. The Morgan fingerprint density at radius 1 is 0.909 bits per heavy atom. The molecule has 0 aliphatic carbocycles. The minimum atomic E-state index is -0.246. The lowest BCUT2D eigenvalue weighted by Crippen LogP contribution is -2.57. The number of esters is 1. The highest BCUT2D eigenvalue weighted by atomic mass is 16.6. The number of carbonyl (C=O) groups excluding carboxylic acids is 1. The number of hydrogen-bond donors (Lipinski definition) is 0. The van der Waals surface area contributed by atoms with Gasteiger partial charge < -0.3 is 9.47 Å². The summed E-state index contributed by atoms with van der Waals surface area (Å²) in [4.78, 5) is 11.4. The zero-order chi connectivity index (χ0) is 15.4. The molecule has 1 aliphatic rings. The van der Waals surface area contributed by atoms with Crippen LogP contribution in [0.3, 0.4) is 0 Å². The molecule has 0 spiro atoms. The Bertz CT molecular complexity index is 562. The zero-order valence-electron chi connectivity index (χ0n) is 12.6. The Kier molecular flexibility index (Phi) is 4.54. The van der Waals surface area contributed by atoms with Crippen molar-refractivity contribution in [3.05, 3.63) is 71.8 Å². The van der Waals surface area contributed by atoms with Crippen LogP contribution in [0.2, 0.25) is 0 Å². The predicted molar refractivity (Wildman–Crippen MR) is 84.5 cm³/mol. The first kappa shape index (κ1) is 14.8. The Morgan fingerprint density at radius 2 is 1.36 bits per heavy atom. The molecule has 0 aromatic heterocycles. The molecular weight excluding hydrogens is 276 g/mol. The summed E-state index contributed by atoms with van der Waals surface area (Å²) in [7, 11) is 0. The highest BCUT2D eigenvalue weighted by Crippen LogP contribution is 2.30. The molecule has 3 rings (SSSR count). The van der Waals surface area contributed by atoms with Crippen LogP contribution in [0.15, 0.2) is 60.7 Å². The number of benzene rings is 2. The minimum absolute atomic E-state index is 0.0555. The number of rotatable bonds is 5. The molecule has 0 N–H and O–H groups in total. The molecule has 0 amide bonds. The average molecular weight is 296 g/mol. The van der Waals surface area contributed by atoms with E-state index in [0.717, 1.165) is 12.8 Å². The highest BCUT2D eigenvalue weighted by Gasteiger charge is 2.44. The fraction of sp³-hybridized carbons (Fsp3) is 0.316. The largest absolute Gasteiger partial charge is 0.457 e. The van der Waals surface area contributed by atoms with Gasteiger partial charge in [-0.3, -0.25) is 4.79 Å². The lowest BCUT2D eigenvalue weighted by molar-refractivity contribution is -0.235. The van der Waals surface area contributed by atoms with E-state index in [1.807, 2.05) is 36.4 Å². The summed E-state index contributed by atoms with van der Waals surface area (Å²) in [5.74, 6) is -0.246. The molecule has 0 bridgehead atoms. The van der Waals surface area contributed by atoms with Gasteiger partial charge in [0.2, 0.25) is 0 Å². The van der Waals surface area contributed by atoms with Gasteiger partial charge in [-0.2, -0.15) is 0 Å². The molecule has 0 radical (unpaired) electrons. The van der Waals surface area contributed by atoms with E-state index in [9.17, 15) is 4.79 Å². The third-order valence-electron chi connectivity index (χ3n) is 3.94. The van der Waals surface area contributed by atoms with E-state index in [-0.39, 0.29) is 24.3 Å². The van der Waals surface area contributed by atoms with Crippen molar-refractivity contribution < 1.29 is 14.3 Å². The van der Waals surface area contributed by atoms with Gasteiger partial charge in [0.1, 0.15) is 12.2 Å². The van der Waals surface area contributed by atoms with Crippen LogP contribution >= 0.6 is 0 Å². The lowest BCUT2D eigenvalue weighted by Gasteiger charge is -2.44. The van der Waals surface area contributed by atoms with Crippen molar-refractivity contribution in [2.24, 2.45) is 0 Å². The van der Waals surface area contributed by atoms with Crippen LogP contribution in [0.25, 0.3) is 0 Å². The van der Waals surface area contributed by atoms with Crippen molar-refractivity contribution in [1.82, 2.24) is 0 Å². The van der Waals surface area contributed by atoms with Gasteiger partial charge in [-0.1, -0.05) is 60.7 Å². The van der Waals surface area contributed by atoms with Crippen molar-refractivity contribution in [1.29, 1.82) is 0 Å². The minimum Gasteiger partial charge on any atom is -0.457 e. The first-order chi connectivity index (χ1) is 10.7. The average Bonchev–Trinajstić information content (AvgIpc) is 2.53. The highest BCUT2D eigenvalue weighted by molar-refractivity contribution is 5.66. The van der Waals surface area contributed by atoms with Crippen molar-refractivity contribution >= 4 is 5.97 Å². The molecule has 1 fully saturated rings. The molecule has 2 atom stereocenters. The summed E-state index contributed by atoms with van der Waals surface area (Å²) in [6, 6.07) is 20.3. The summed E-state index contributed by atoms with van der Waals surface area (Å²) in [6.07, 6.45) is 1.26. The van der Waals surface area contributed by atoms with Gasteiger partial charge in [0.15, 0.2) is 6.10 Å². The van der Waals surface area contributed by atoms with Gasteiger partial charge in [-0.25, -0.2) is 0 Å². The Hall–Kier alpha value is -2.13. The van der Waals surface area contributed by atoms with Gasteiger partial charge in [-0.05, 0) is 11.1 Å². The maximum Gasteiger partial charge on any atom is 0.303 e. The standard InChI is InChI=1S/C19H20O3/c1-14(20)21-19-17(12-15-8-4-2-5-9-15)22-18(19)13-16-10-6-3-7-11-16/h2-11,17-19H,12-13H2,1H3/t17-,18-/m0/s1.